The van der Waals surface area contributed by atoms with E-state index in [1.807, 2.05) is 16.7 Å². The highest BCUT2D eigenvalue weighted by atomic mass is 35.5. The largest absolute Gasteiger partial charge is 0.334 e. The van der Waals surface area contributed by atoms with Crippen LogP contribution in [-0.2, 0) is 13.0 Å². The van der Waals surface area contributed by atoms with Gasteiger partial charge in [0.25, 0.3) is 5.91 Å². The Kier molecular flexibility index (Phi) is 4.01. The summed E-state index contributed by atoms with van der Waals surface area (Å²) >= 11 is 5.80. The summed E-state index contributed by atoms with van der Waals surface area (Å²) in [5.41, 5.74) is 3.77. The number of halogens is 1. The molecule has 108 valence electrons. The molecule has 0 spiro atoms. The molecule has 0 atom stereocenters. The summed E-state index contributed by atoms with van der Waals surface area (Å²) in [4.78, 5) is 16.3. The number of aryl methyl sites for hydroxylation is 2. The van der Waals surface area contributed by atoms with Crippen LogP contribution in [0.15, 0.2) is 35.6 Å². The molecule has 0 bridgehead atoms. The fraction of sp³-hybridized carbons (Fsp3) is 0.267. The van der Waals surface area contributed by atoms with Crippen molar-refractivity contribution in [2.75, 3.05) is 0 Å². The van der Waals surface area contributed by atoms with E-state index in [0.717, 1.165) is 37.2 Å². The predicted molar refractivity (Wildman–Crippen MR) is 81.7 cm³/mol. The van der Waals surface area contributed by atoms with Gasteiger partial charge < -0.3 is 4.57 Å². The number of hydrazone groups is 1. The summed E-state index contributed by atoms with van der Waals surface area (Å²) in [7, 11) is 0. The lowest BCUT2D eigenvalue weighted by atomic mass is 10.2. The van der Waals surface area contributed by atoms with Gasteiger partial charge in [0.1, 0.15) is 11.5 Å². The van der Waals surface area contributed by atoms with Gasteiger partial charge in [-0.3, -0.25) is 4.79 Å². The standard InChI is InChI=1S/C15H15ClN4O/c16-12-6-4-11(5-7-12)9-17-19-15(21)13-10-20-8-2-1-3-14(20)18-13/h4-7,9-10H,1-3,8H2,(H,19,21)/b17-9+. The molecule has 0 unspecified atom stereocenters. The molecule has 5 nitrogen and oxygen atoms in total. The van der Waals surface area contributed by atoms with Gasteiger partial charge in [-0.2, -0.15) is 5.10 Å². The van der Waals surface area contributed by atoms with Gasteiger partial charge in [-0.25, -0.2) is 10.4 Å². The fourth-order valence-corrected chi connectivity index (χ4v) is 2.42. The average Bonchev–Trinajstić information content (AvgIpc) is 2.93. The van der Waals surface area contributed by atoms with Crippen LogP contribution < -0.4 is 5.43 Å². The second kappa shape index (κ2) is 6.10. The maximum atomic E-state index is 12.0. The molecule has 0 radical (unpaired) electrons. The second-order valence-electron chi connectivity index (χ2n) is 4.94. The second-order valence-corrected chi connectivity index (χ2v) is 5.38. The molecule has 1 aromatic carbocycles. The molecule has 6 heteroatoms. The summed E-state index contributed by atoms with van der Waals surface area (Å²) in [6.45, 7) is 0.934. The van der Waals surface area contributed by atoms with E-state index in [1.165, 1.54) is 0 Å². The molecule has 1 amide bonds. The molecule has 1 N–H and O–H groups in total. The van der Waals surface area contributed by atoms with Crippen molar-refractivity contribution in [1.82, 2.24) is 15.0 Å². The smallest absolute Gasteiger partial charge is 0.291 e. The van der Waals surface area contributed by atoms with Crippen molar-refractivity contribution in [2.24, 2.45) is 5.10 Å². The van der Waals surface area contributed by atoms with Crippen LogP contribution in [-0.4, -0.2) is 21.7 Å². The molecule has 0 fully saturated rings. The summed E-state index contributed by atoms with van der Waals surface area (Å²) in [6.07, 6.45) is 6.57. The zero-order valence-corrected chi connectivity index (χ0v) is 12.2. The van der Waals surface area contributed by atoms with Crippen molar-refractivity contribution in [3.8, 4) is 0 Å². The van der Waals surface area contributed by atoms with Crippen LogP contribution in [0.4, 0.5) is 0 Å². The third-order valence-corrected chi connectivity index (χ3v) is 3.64. The SMILES string of the molecule is O=C(N/N=C/c1ccc(Cl)cc1)c1cn2c(n1)CCCC2. The van der Waals surface area contributed by atoms with Gasteiger partial charge in [0.2, 0.25) is 0 Å². The molecular formula is C15H15ClN4O. The monoisotopic (exact) mass is 302 g/mol. The number of rotatable bonds is 3. The quantitative estimate of drug-likeness (QED) is 0.700. The van der Waals surface area contributed by atoms with Gasteiger partial charge in [0.15, 0.2) is 0 Å². The van der Waals surface area contributed by atoms with Crippen LogP contribution in [0.1, 0.15) is 34.7 Å². The number of hydrogen-bond acceptors (Lipinski definition) is 3. The maximum absolute atomic E-state index is 12.0. The van der Waals surface area contributed by atoms with E-state index in [4.69, 9.17) is 11.6 Å². The van der Waals surface area contributed by atoms with Gasteiger partial charge >= 0.3 is 0 Å². The van der Waals surface area contributed by atoms with E-state index in [9.17, 15) is 4.79 Å². The first-order chi connectivity index (χ1) is 10.2. The van der Waals surface area contributed by atoms with Gasteiger partial charge in [-0.15, -0.1) is 0 Å². The van der Waals surface area contributed by atoms with E-state index in [1.54, 1.807) is 24.5 Å². The number of fused-ring (bicyclic) bond motifs is 1. The first-order valence-corrected chi connectivity index (χ1v) is 7.25. The Balaban J connectivity index is 1.63. The highest BCUT2D eigenvalue weighted by Crippen LogP contribution is 2.14. The Morgan fingerprint density at radius 1 is 1.33 bits per heavy atom. The highest BCUT2D eigenvalue weighted by molar-refractivity contribution is 6.30. The molecule has 3 rings (SSSR count). The Hall–Kier alpha value is -2.14. The molecule has 1 aromatic heterocycles. The van der Waals surface area contributed by atoms with Crippen LogP contribution in [0.2, 0.25) is 5.02 Å². The number of benzene rings is 1. The first kappa shape index (κ1) is 13.8. The van der Waals surface area contributed by atoms with Crippen molar-refractivity contribution < 1.29 is 4.79 Å². The van der Waals surface area contributed by atoms with E-state index in [0.29, 0.717) is 10.7 Å². The van der Waals surface area contributed by atoms with E-state index in [2.05, 4.69) is 15.5 Å². The molecule has 2 heterocycles. The number of hydrogen-bond donors (Lipinski definition) is 1. The number of nitrogens with zero attached hydrogens (tertiary/aromatic N) is 3. The van der Waals surface area contributed by atoms with Crippen LogP contribution in [0.25, 0.3) is 0 Å². The Bertz CT molecular complexity index is 652. The Labute approximate surface area is 127 Å². The van der Waals surface area contributed by atoms with Crippen LogP contribution >= 0.6 is 11.6 Å². The number of carbonyl (C=O) groups is 1. The lowest BCUT2D eigenvalue weighted by Crippen LogP contribution is -2.18. The summed E-state index contributed by atoms with van der Waals surface area (Å²) in [5, 5.41) is 4.60. The molecular weight excluding hydrogens is 288 g/mol. The van der Waals surface area contributed by atoms with E-state index >= 15 is 0 Å². The normalized spacial score (nSPS) is 14.1. The molecule has 0 saturated carbocycles. The van der Waals surface area contributed by atoms with Crippen LogP contribution in [0.3, 0.4) is 0 Å². The van der Waals surface area contributed by atoms with Crippen molar-refractivity contribution in [3.05, 3.63) is 52.6 Å². The van der Waals surface area contributed by atoms with E-state index < -0.39 is 0 Å². The van der Waals surface area contributed by atoms with Crippen LogP contribution in [0.5, 0.6) is 0 Å². The van der Waals surface area contributed by atoms with Gasteiger partial charge in [-0.05, 0) is 30.5 Å². The predicted octanol–water partition coefficient (Wildman–Crippen LogP) is 2.64. The number of carbonyl (C=O) groups excluding carboxylic acids is 1. The van der Waals surface area contributed by atoms with Gasteiger partial charge in [0.05, 0.1) is 6.21 Å². The van der Waals surface area contributed by atoms with E-state index in [-0.39, 0.29) is 5.91 Å². The number of nitrogens with one attached hydrogen (secondary N) is 1. The Morgan fingerprint density at radius 2 is 2.14 bits per heavy atom. The van der Waals surface area contributed by atoms with Gasteiger partial charge in [0, 0.05) is 24.2 Å². The van der Waals surface area contributed by atoms with Gasteiger partial charge in [-0.1, -0.05) is 23.7 Å². The number of imidazole rings is 1. The third-order valence-electron chi connectivity index (χ3n) is 3.39. The molecule has 1 aliphatic rings. The first-order valence-electron chi connectivity index (χ1n) is 6.87. The summed E-state index contributed by atoms with van der Waals surface area (Å²) in [5.74, 6) is 0.690. The minimum Gasteiger partial charge on any atom is -0.334 e. The van der Waals surface area contributed by atoms with Crippen molar-refractivity contribution in [3.63, 3.8) is 0 Å². The fourth-order valence-electron chi connectivity index (χ4n) is 2.29. The van der Waals surface area contributed by atoms with Crippen molar-refractivity contribution in [1.29, 1.82) is 0 Å². The maximum Gasteiger partial charge on any atom is 0.291 e. The molecule has 0 saturated heterocycles. The Morgan fingerprint density at radius 3 is 2.90 bits per heavy atom. The lowest BCUT2D eigenvalue weighted by Gasteiger charge is -2.11. The number of aromatic nitrogens is 2. The molecule has 21 heavy (non-hydrogen) atoms. The highest BCUT2D eigenvalue weighted by Gasteiger charge is 2.16. The zero-order valence-electron chi connectivity index (χ0n) is 11.4. The summed E-state index contributed by atoms with van der Waals surface area (Å²) in [6, 6.07) is 7.20. The molecule has 0 aliphatic carbocycles. The number of amides is 1. The minimum absolute atomic E-state index is 0.290. The summed E-state index contributed by atoms with van der Waals surface area (Å²) < 4.78 is 2.04. The third kappa shape index (κ3) is 3.31. The molecule has 2 aromatic rings. The van der Waals surface area contributed by atoms with Crippen LogP contribution in [0, 0.1) is 0 Å². The minimum atomic E-state index is -0.290. The van der Waals surface area contributed by atoms with Crippen molar-refractivity contribution >= 4 is 23.7 Å². The average molecular weight is 303 g/mol. The molecule has 1 aliphatic heterocycles. The zero-order chi connectivity index (χ0) is 14.7. The lowest BCUT2D eigenvalue weighted by molar-refractivity contribution is 0.0950. The topological polar surface area (TPSA) is 59.3 Å². The van der Waals surface area contributed by atoms with Crippen molar-refractivity contribution in [2.45, 2.75) is 25.8 Å².